The maximum Gasteiger partial charge on any atom is 0.410 e. The molecule has 20 heteroatoms. The molecule has 3 atom stereocenters. The van der Waals surface area contributed by atoms with E-state index < -0.39 is 11.7 Å². The lowest BCUT2D eigenvalue weighted by atomic mass is 9.77. The summed E-state index contributed by atoms with van der Waals surface area (Å²) in [5, 5.41) is 17.3. The van der Waals surface area contributed by atoms with E-state index in [2.05, 4.69) is 66.3 Å². The number of fused-ring (bicyclic) bond motifs is 2. The van der Waals surface area contributed by atoms with Gasteiger partial charge < -0.3 is 30.3 Å². The van der Waals surface area contributed by atoms with E-state index in [0.717, 1.165) is 42.2 Å². The van der Waals surface area contributed by atoms with Crippen molar-refractivity contribution in [1.82, 2.24) is 58.8 Å². The fourth-order valence-corrected chi connectivity index (χ4v) is 7.94. The van der Waals surface area contributed by atoms with Gasteiger partial charge in [0.15, 0.2) is 11.6 Å². The summed E-state index contributed by atoms with van der Waals surface area (Å²) in [5.41, 5.74) is 2.27. The first-order chi connectivity index (χ1) is 28.5. The van der Waals surface area contributed by atoms with Crippen molar-refractivity contribution in [3.63, 3.8) is 0 Å². The molecule has 0 bridgehead atoms. The number of likely N-dealkylation sites (tertiary alicyclic amines) is 2. The fraction of sp³-hybridized carbons (Fsp3) is 0.450. The predicted molar refractivity (Wildman–Crippen MR) is 228 cm³/mol. The number of piperidine rings is 2. The molecule has 8 heterocycles. The smallest absolute Gasteiger partial charge is 0.410 e. The van der Waals surface area contributed by atoms with Crippen molar-refractivity contribution in [3.8, 4) is 11.6 Å². The van der Waals surface area contributed by atoms with E-state index in [0.29, 0.717) is 58.7 Å². The Morgan fingerprint density at radius 2 is 1.37 bits per heavy atom. The van der Waals surface area contributed by atoms with Crippen LogP contribution >= 0.6 is 23.2 Å². The molecule has 60 heavy (non-hydrogen) atoms. The number of pyridine rings is 2. The topological polar surface area (TPSA) is 207 Å². The number of halogens is 2. The zero-order chi connectivity index (χ0) is 42.8. The van der Waals surface area contributed by atoms with Gasteiger partial charge in [0, 0.05) is 43.9 Å². The van der Waals surface area contributed by atoms with E-state index in [9.17, 15) is 14.7 Å². The number of anilines is 2. The highest BCUT2D eigenvalue weighted by Gasteiger charge is 2.42. The van der Waals surface area contributed by atoms with Crippen LogP contribution in [0.2, 0.25) is 10.3 Å². The lowest BCUT2D eigenvalue weighted by molar-refractivity contribution is 0.0206. The SMILES string of the molecule is CC(C)(C)C1C(Nc2cncc(-n3cnc4cnc(Cl)cc43)n2)CCCN1C(=O)O.CC(C)(C)OC(=O)N1CCC[C@@H](Nc2cncc(-n3cnc4cc(Cl)ncc43)n2)C1. The van der Waals surface area contributed by atoms with E-state index >= 15 is 0 Å². The summed E-state index contributed by atoms with van der Waals surface area (Å²) >= 11 is 12.0. The maximum atomic E-state index is 12.4. The molecule has 2 aliphatic heterocycles. The van der Waals surface area contributed by atoms with Crippen LogP contribution in [0, 0.1) is 5.41 Å². The zero-order valence-corrected chi connectivity index (χ0v) is 35.8. The lowest BCUT2D eigenvalue weighted by Crippen LogP contribution is -2.58. The molecule has 2 unspecified atom stereocenters. The lowest BCUT2D eigenvalue weighted by Gasteiger charge is -2.47. The number of imidazole rings is 2. The van der Waals surface area contributed by atoms with Gasteiger partial charge in [-0.05, 0) is 51.9 Å². The highest BCUT2D eigenvalue weighted by Crippen LogP contribution is 2.34. The summed E-state index contributed by atoms with van der Waals surface area (Å²) in [7, 11) is 0. The van der Waals surface area contributed by atoms with Crippen molar-refractivity contribution < 1.29 is 19.4 Å². The second-order valence-electron chi connectivity index (χ2n) is 16.8. The molecule has 0 saturated carbocycles. The van der Waals surface area contributed by atoms with Crippen molar-refractivity contribution in [2.45, 2.75) is 91.0 Å². The third-order valence-electron chi connectivity index (χ3n) is 10.1. The molecule has 6 aromatic heterocycles. The molecule has 0 aromatic carbocycles. The molecule has 0 aliphatic carbocycles. The van der Waals surface area contributed by atoms with Crippen molar-refractivity contribution in [1.29, 1.82) is 0 Å². The minimum Gasteiger partial charge on any atom is -0.465 e. The number of rotatable bonds is 6. The van der Waals surface area contributed by atoms with Crippen LogP contribution in [-0.4, -0.2) is 119 Å². The predicted octanol–water partition coefficient (Wildman–Crippen LogP) is 7.51. The molecule has 6 aromatic rings. The van der Waals surface area contributed by atoms with Crippen molar-refractivity contribution in [2.24, 2.45) is 5.41 Å². The van der Waals surface area contributed by atoms with E-state index in [4.69, 9.17) is 32.9 Å². The molecule has 0 radical (unpaired) electrons. The van der Waals surface area contributed by atoms with Crippen molar-refractivity contribution in [2.75, 3.05) is 30.3 Å². The van der Waals surface area contributed by atoms with E-state index in [1.807, 2.05) is 25.3 Å². The van der Waals surface area contributed by atoms with Crippen LogP contribution in [0.5, 0.6) is 0 Å². The van der Waals surface area contributed by atoms with Crippen molar-refractivity contribution in [3.05, 3.63) is 72.3 Å². The Morgan fingerprint density at radius 1 is 0.750 bits per heavy atom. The van der Waals surface area contributed by atoms with Crippen LogP contribution in [0.15, 0.2) is 62.0 Å². The molecule has 3 N–H and O–H groups in total. The van der Waals surface area contributed by atoms with Gasteiger partial charge in [0.1, 0.15) is 45.7 Å². The summed E-state index contributed by atoms with van der Waals surface area (Å²) < 4.78 is 9.11. The Hall–Kier alpha value is -5.88. The van der Waals surface area contributed by atoms with Gasteiger partial charge >= 0.3 is 12.2 Å². The van der Waals surface area contributed by atoms with Gasteiger partial charge in [-0.15, -0.1) is 0 Å². The van der Waals surface area contributed by atoms with Crippen LogP contribution in [0.1, 0.15) is 67.2 Å². The van der Waals surface area contributed by atoms with E-state index in [-0.39, 0.29) is 29.6 Å². The first-order valence-corrected chi connectivity index (χ1v) is 20.4. The number of hydrogen-bond acceptors (Lipinski definition) is 13. The summed E-state index contributed by atoms with van der Waals surface area (Å²) in [6, 6.07) is 3.24. The van der Waals surface area contributed by atoms with Gasteiger partial charge in [0.05, 0.1) is 59.8 Å². The normalized spacial score (nSPS) is 18.5. The Labute approximate surface area is 356 Å². The second kappa shape index (κ2) is 17.4. The maximum absolute atomic E-state index is 12.4. The number of nitrogens with one attached hydrogen (secondary N) is 2. The number of hydrogen-bond donors (Lipinski definition) is 3. The van der Waals surface area contributed by atoms with Gasteiger partial charge in [-0.25, -0.2) is 39.5 Å². The molecule has 316 valence electrons. The van der Waals surface area contributed by atoms with Gasteiger partial charge in [-0.2, -0.15) is 0 Å². The van der Waals surface area contributed by atoms with Gasteiger partial charge in [-0.1, -0.05) is 44.0 Å². The Balaban J connectivity index is 0.000000181. The average molecular weight is 860 g/mol. The van der Waals surface area contributed by atoms with Crippen LogP contribution in [0.4, 0.5) is 21.2 Å². The minimum atomic E-state index is -0.892. The largest absolute Gasteiger partial charge is 0.465 e. The van der Waals surface area contributed by atoms with E-state index in [1.165, 1.54) is 4.90 Å². The number of nitrogens with zero attached hydrogens (tertiary/aromatic N) is 12. The average Bonchev–Trinajstić information content (AvgIpc) is 3.81. The quantitative estimate of drug-likeness (QED) is 0.139. The first kappa shape index (κ1) is 42.3. The highest BCUT2D eigenvalue weighted by atomic mass is 35.5. The number of carbonyl (C=O) groups is 2. The van der Waals surface area contributed by atoms with Crippen LogP contribution in [-0.2, 0) is 4.74 Å². The van der Waals surface area contributed by atoms with Crippen LogP contribution < -0.4 is 10.6 Å². The number of carboxylic acid groups (broad SMARTS) is 1. The van der Waals surface area contributed by atoms with Gasteiger partial charge in [0.25, 0.3) is 0 Å². The fourth-order valence-electron chi connectivity index (χ4n) is 7.64. The molecule has 8 rings (SSSR count). The molecular weight excluding hydrogens is 811 g/mol. The molecule has 0 spiro atoms. The number of aromatic nitrogens is 10. The number of ether oxygens (including phenoxy) is 1. The van der Waals surface area contributed by atoms with E-state index in [1.54, 1.807) is 71.4 Å². The third kappa shape index (κ3) is 9.93. The Bertz CT molecular complexity index is 2480. The Morgan fingerprint density at radius 3 is 2.03 bits per heavy atom. The summed E-state index contributed by atoms with van der Waals surface area (Å²) in [6.07, 6.45) is 15.5. The molecular formula is C40H48Cl2N14O4. The van der Waals surface area contributed by atoms with Crippen molar-refractivity contribution >= 4 is 69.1 Å². The molecule has 2 fully saturated rings. The third-order valence-corrected chi connectivity index (χ3v) is 10.5. The molecule has 18 nitrogen and oxygen atoms in total. The summed E-state index contributed by atoms with van der Waals surface area (Å²) in [4.78, 5) is 62.3. The highest BCUT2D eigenvalue weighted by molar-refractivity contribution is 6.30. The summed E-state index contributed by atoms with van der Waals surface area (Å²) in [5.74, 6) is 2.42. The standard InChI is InChI=1S/2C20H24ClN7O2/c1-20(2,3)30-19(29)27-6-4-5-13(11-27)25-17-9-22-10-18(26-17)28-12-24-14-7-16(21)23-8-15(14)28;1-20(2,3)18-12(5-4-6-27(18)19(29)30)25-16-9-22-10-17(26-16)28-11-24-13-8-23-15(21)7-14(13)28/h7-10,12-13H,4-6,11H2,1-3H3,(H,25,26);7-12,18H,4-6H2,1-3H3,(H,25,26)(H,29,30)/t13-;/m1./s1. The van der Waals surface area contributed by atoms with Crippen LogP contribution in [0.3, 0.4) is 0 Å². The Kier molecular flexibility index (Phi) is 12.2. The molecule has 2 amide bonds. The summed E-state index contributed by atoms with van der Waals surface area (Å²) in [6.45, 7) is 13.6. The molecule has 2 saturated heterocycles. The first-order valence-electron chi connectivity index (χ1n) is 19.6. The molecule has 2 aliphatic rings. The number of carbonyl (C=O) groups excluding carboxylic acids is 1. The van der Waals surface area contributed by atoms with Gasteiger partial charge in [-0.3, -0.25) is 19.1 Å². The minimum absolute atomic E-state index is 0.0656. The zero-order valence-electron chi connectivity index (χ0n) is 34.2. The number of amides is 2. The second-order valence-corrected chi connectivity index (χ2v) is 17.6. The van der Waals surface area contributed by atoms with Gasteiger partial charge in [0.2, 0.25) is 0 Å². The monoisotopic (exact) mass is 858 g/mol. The van der Waals surface area contributed by atoms with Crippen LogP contribution in [0.25, 0.3) is 33.7 Å².